The number of likely N-dealkylation sites (N-methyl/N-ethyl adjacent to an activating group) is 1. The average Bonchev–Trinajstić information content (AvgIpc) is 3.00. The van der Waals surface area contributed by atoms with Crippen molar-refractivity contribution in [2.45, 2.75) is 18.9 Å². The van der Waals surface area contributed by atoms with Gasteiger partial charge in [-0.2, -0.15) is 0 Å². The molecule has 0 aromatic heterocycles. The molecule has 4 rings (SSSR count). The van der Waals surface area contributed by atoms with E-state index in [1.165, 1.54) is 18.5 Å². The number of amides is 1. The van der Waals surface area contributed by atoms with E-state index in [1.54, 1.807) is 0 Å². The van der Waals surface area contributed by atoms with Crippen LogP contribution in [0.2, 0.25) is 0 Å². The second-order valence-electron chi connectivity index (χ2n) is 7.45. The van der Waals surface area contributed by atoms with Gasteiger partial charge in [0.05, 0.1) is 19.3 Å². The quantitative estimate of drug-likeness (QED) is 0.827. The lowest BCUT2D eigenvalue weighted by Gasteiger charge is -2.30. The van der Waals surface area contributed by atoms with Crippen LogP contribution in [0.5, 0.6) is 0 Å². The number of carbonyl (C=O) groups is 1. The van der Waals surface area contributed by atoms with Crippen LogP contribution in [0.15, 0.2) is 24.3 Å². The molecule has 2 bridgehead atoms. The predicted octanol–water partition coefficient (Wildman–Crippen LogP) is 1.69. The highest BCUT2D eigenvalue weighted by molar-refractivity contribution is 5.94. The van der Waals surface area contributed by atoms with Crippen LogP contribution in [0.25, 0.3) is 0 Å². The minimum Gasteiger partial charge on any atom is -0.379 e. The standard InChI is InChI=1S/C19H27N3O2/c1-20-10-15-11-22(12-18(20)14-24-13-15)19(23)16-4-6-17(7-5-16)21-8-2-3-9-21/h4-7,15,18H,2-3,8-14H2,1H3/t15-,18+/m1/s1. The van der Waals surface area contributed by atoms with Gasteiger partial charge < -0.3 is 14.5 Å². The molecule has 1 amide bonds. The molecule has 3 heterocycles. The molecule has 2 atom stereocenters. The van der Waals surface area contributed by atoms with E-state index in [1.807, 2.05) is 17.0 Å². The Kier molecular flexibility index (Phi) is 4.46. The monoisotopic (exact) mass is 329 g/mol. The van der Waals surface area contributed by atoms with Gasteiger partial charge in [-0.3, -0.25) is 9.69 Å². The van der Waals surface area contributed by atoms with E-state index in [4.69, 9.17) is 4.74 Å². The third kappa shape index (κ3) is 3.15. The van der Waals surface area contributed by atoms with E-state index >= 15 is 0 Å². The molecular weight excluding hydrogens is 302 g/mol. The van der Waals surface area contributed by atoms with Gasteiger partial charge in [-0.05, 0) is 44.2 Å². The minimum absolute atomic E-state index is 0.162. The van der Waals surface area contributed by atoms with Gasteiger partial charge in [0.25, 0.3) is 5.91 Å². The maximum absolute atomic E-state index is 13.0. The van der Waals surface area contributed by atoms with Crippen molar-refractivity contribution in [3.05, 3.63) is 29.8 Å². The van der Waals surface area contributed by atoms with Crippen molar-refractivity contribution in [2.75, 3.05) is 57.9 Å². The second kappa shape index (κ2) is 6.73. The number of anilines is 1. The van der Waals surface area contributed by atoms with E-state index in [2.05, 4.69) is 29.0 Å². The van der Waals surface area contributed by atoms with Gasteiger partial charge in [0.2, 0.25) is 0 Å². The van der Waals surface area contributed by atoms with Crippen LogP contribution in [0, 0.1) is 5.92 Å². The second-order valence-corrected chi connectivity index (χ2v) is 7.45. The van der Waals surface area contributed by atoms with Crippen LogP contribution in [-0.4, -0.2) is 74.7 Å². The SMILES string of the molecule is CN1C[C@H]2COC[C@@H]1CN(C(=O)c1ccc(N3CCCC3)cc1)C2. The van der Waals surface area contributed by atoms with Gasteiger partial charge in [-0.25, -0.2) is 0 Å². The lowest BCUT2D eigenvalue weighted by molar-refractivity contribution is 0.0434. The number of benzene rings is 1. The first-order valence-electron chi connectivity index (χ1n) is 9.13. The first-order valence-corrected chi connectivity index (χ1v) is 9.13. The number of ether oxygens (including phenoxy) is 1. The molecular formula is C19H27N3O2. The summed E-state index contributed by atoms with van der Waals surface area (Å²) in [7, 11) is 2.14. The Hall–Kier alpha value is -1.59. The van der Waals surface area contributed by atoms with Gasteiger partial charge in [-0.15, -0.1) is 0 Å². The highest BCUT2D eigenvalue weighted by Crippen LogP contribution is 2.23. The summed E-state index contributed by atoms with van der Waals surface area (Å²) in [6.07, 6.45) is 2.54. The number of nitrogens with zero attached hydrogens (tertiary/aromatic N) is 3. The molecule has 0 unspecified atom stereocenters. The molecule has 0 saturated carbocycles. The number of fused-ring (bicyclic) bond motifs is 3. The number of hydrogen-bond acceptors (Lipinski definition) is 4. The van der Waals surface area contributed by atoms with Crippen molar-refractivity contribution in [1.82, 2.24) is 9.80 Å². The summed E-state index contributed by atoms with van der Waals surface area (Å²) in [4.78, 5) is 19.8. The fraction of sp³-hybridized carbons (Fsp3) is 0.632. The average molecular weight is 329 g/mol. The summed E-state index contributed by atoms with van der Waals surface area (Å²) in [5.74, 6) is 0.575. The Morgan fingerprint density at radius 3 is 2.54 bits per heavy atom. The highest BCUT2D eigenvalue weighted by Gasteiger charge is 2.33. The van der Waals surface area contributed by atoms with Gasteiger partial charge in [-0.1, -0.05) is 0 Å². The third-order valence-electron chi connectivity index (χ3n) is 5.62. The molecule has 3 aliphatic rings. The highest BCUT2D eigenvalue weighted by atomic mass is 16.5. The van der Waals surface area contributed by atoms with Crippen LogP contribution in [-0.2, 0) is 4.74 Å². The Labute approximate surface area is 144 Å². The molecule has 0 radical (unpaired) electrons. The largest absolute Gasteiger partial charge is 0.379 e. The van der Waals surface area contributed by atoms with E-state index in [9.17, 15) is 4.79 Å². The molecule has 0 aliphatic carbocycles. The number of rotatable bonds is 2. The summed E-state index contributed by atoms with van der Waals surface area (Å²) >= 11 is 0. The van der Waals surface area contributed by atoms with Gasteiger partial charge >= 0.3 is 0 Å². The summed E-state index contributed by atoms with van der Waals surface area (Å²) < 4.78 is 5.75. The van der Waals surface area contributed by atoms with E-state index in [0.29, 0.717) is 12.0 Å². The predicted molar refractivity (Wildman–Crippen MR) is 94.5 cm³/mol. The molecule has 130 valence electrons. The summed E-state index contributed by atoms with van der Waals surface area (Å²) in [6, 6.07) is 8.51. The van der Waals surface area contributed by atoms with Crippen LogP contribution < -0.4 is 4.90 Å². The van der Waals surface area contributed by atoms with Gasteiger partial charge in [0.15, 0.2) is 0 Å². The Morgan fingerprint density at radius 2 is 1.79 bits per heavy atom. The maximum atomic E-state index is 13.0. The molecule has 1 aromatic carbocycles. The summed E-state index contributed by atoms with van der Waals surface area (Å²) in [6.45, 7) is 6.34. The smallest absolute Gasteiger partial charge is 0.253 e. The Morgan fingerprint density at radius 1 is 1.04 bits per heavy atom. The van der Waals surface area contributed by atoms with Gasteiger partial charge in [0, 0.05) is 49.9 Å². The van der Waals surface area contributed by atoms with Crippen LogP contribution in [0.4, 0.5) is 5.69 Å². The minimum atomic E-state index is 0.162. The van der Waals surface area contributed by atoms with Crippen molar-refractivity contribution in [3.8, 4) is 0 Å². The fourth-order valence-corrected chi connectivity index (χ4v) is 4.19. The maximum Gasteiger partial charge on any atom is 0.253 e. The first-order chi connectivity index (χ1) is 11.7. The van der Waals surface area contributed by atoms with Crippen molar-refractivity contribution in [2.24, 2.45) is 5.92 Å². The van der Waals surface area contributed by atoms with E-state index in [0.717, 1.165) is 51.5 Å². The zero-order valence-corrected chi connectivity index (χ0v) is 14.5. The fourth-order valence-electron chi connectivity index (χ4n) is 4.19. The van der Waals surface area contributed by atoms with Crippen molar-refractivity contribution >= 4 is 11.6 Å². The third-order valence-corrected chi connectivity index (χ3v) is 5.62. The molecule has 0 spiro atoms. The molecule has 5 heteroatoms. The lowest BCUT2D eigenvalue weighted by Crippen LogP contribution is -2.44. The Bertz CT molecular complexity index is 583. The van der Waals surface area contributed by atoms with Crippen LogP contribution >= 0.6 is 0 Å². The normalized spacial score (nSPS) is 28.0. The van der Waals surface area contributed by atoms with Crippen molar-refractivity contribution in [1.29, 1.82) is 0 Å². The molecule has 5 nitrogen and oxygen atoms in total. The molecule has 3 fully saturated rings. The zero-order chi connectivity index (χ0) is 16.5. The molecule has 3 aliphatic heterocycles. The Balaban J connectivity index is 1.48. The van der Waals surface area contributed by atoms with Crippen molar-refractivity contribution in [3.63, 3.8) is 0 Å². The zero-order valence-electron chi connectivity index (χ0n) is 14.5. The summed E-state index contributed by atoms with van der Waals surface area (Å²) in [5, 5.41) is 0. The molecule has 3 saturated heterocycles. The molecule has 24 heavy (non-hydrogen) atoms. The molecule has 0 N–H and O–H groups in total. The topological polar surface area (TPSA) is 36.0 Å². The van der Waals surface area contributed by atoms with Gasteiger partial charge in [0.1, 0.15) is 0 Å². The van der Waals surface area contributed by atoms with Crippen LogP contribution in [0.1, 0.15) is 23.2 Å². The van der Waals surface area contributed by atoms with Crippen LogP contribution in [0.3, 0.4) is 0 Å². The van der Waals surface area contributed by atoms with E-state index in [-0.39, 0.29) is 5.91 Å². The van der Waals surface area contributed by atoms with Crippen molar-refractivity contribution < 1.29 is 9.53 Å². The summed E-state index contributed by atoms with van der Waals surface area (Å²) in [5.41, 5.74) is 2.05. The first kappa shape index (κ1) is 15.9. The molecule has 1 aromatic rings. The number of hydrogen-bond donors (Lipinski definition) is 0. The lowest BCUT2D eigenvalue weighted by atomic mass is 10.1. The number of carbonyl (C=O) groups excluding carboxylic acids is 1. The van der Waals surface area contributed by atoms with E-state index < -0.39 is 0 Å².